The van der Waals surface area contributed by atoms with Gasteiger partial charge >= 0.3 is 63.9 Å². The maximum absolute atomic E-state index is 8.11. The average Bonchev–Trinajstić information content (AvgIpc) is 1.91. The molecule has 0 aliphatic heterocycles. The molecule has 1 aromatic rings. The molecule has 3 heteroatoms. The van der Waals surface area contributed by atoms with E-state index >= 15 is 0 Å². The number of rotatable bonds is 2. The SMILES string of the molecule is O[O][SnH2][c]1ccccc1. The van der Waals surface area contributed by atoms with Gasteiger partial charge in [-0.25, -0.2) is 0 Å². The molecule has 0 fully saturated rings. The van der Waals surface area contributed by atoms with Gasteiger partial charge in [0.15, 0.2) is 0 Å². The van der Waals surface area contributed by atoms with Crippen molar-refractivity contribution < 1.29 is 8.48 Å². The van der Waals surface area contributed by atoms with Crippen LogP contribution in [0.5, 0.6) is 0 Å². The van der Waals surface area contributed by atoms with Crippen LogP contribution in [0.1, 0.15) is 0 Å². The monoisotopic (exact) mass is 232 g/mol. The van der Waals surface area contributed by atoms with E-state index in [1.54, 1.807) is 0 Å². The third-order valence-corrected chi connectivity index (χ3v) is 3.74. The average molecular weight is 231 g/mol. The Morgan fingerprint density at radius 1 is 1.22 bits per heavy atom. The summed E-state index contributed by atoms with van der Waals surface area (Å²) in [5.74, 6) is 0. The van der Waals surface area contributed by atoms with Crippen LogP contribution >= 0.6 is 0 Å². The first-order valence-corrected chi connectivity index (χ1v) is 6.40. The van der Waals surface area contributed by atoms with Crippen LogP contribution in [0, 0.1) is 0 Å². The molecule has 0 saturated heterocycles. The molecule has 1 N–H and O–H groups in total. The minimum atomic E-state index is -1.41. The van der Waals surface area contributed by atoms with Crippen molar-refractivity contribution in [3.8, 4) is 0 Å². The van der Waals surface area contributed by atoms with Gasteiger partial charge in [0.2, 0.25) is 0 Å². The van der Waals surface area contributed by atoms with Crippen LogP contribution in [0.3, 0.4) is 0 Å². The van der Waals surface area contributed by atoms with Gasteiger partial charge in [0.05, 0.1) is 0 Å². The molecule has 0 aliphatic carbocycles. The summed E-state index contributed by atoms with van der Waals surface area (Å²) in [7, 11) is 0. The van der Waals surface area contributed by atoms with E-state index in [0.29, 0.717) is 0 Å². The quantitative estimate of drug-likeness (QED) is 0.437. The van der Waals surface area contributed by atoms with Crippen molar-refractivity contribution in [1.82, 2.24) is 0 Å². The van der Waals surface area contributed by atoms with Crippen LogP contribution in [0.15, 0.2) is 30.3 Å². The van der Waals surface area contributed by atoms with Gasteiger partial charge in [0.1, 0.15) is 0 Å². The molecule has 0 unspecified atom stereocenters. The molecule has 1 rings (SSSR count). The number of benzene rings is 1. The molecule has 0 bridgehead atoms. The molecule has 0 heterocycles. The fourth-order valence-electron chi connectivity index (χ4n) is 0.649. The Morgan fingerprint density at radius 3 is 2.44 bits per heavy atom. The second-order valence-corrected chi connectivity index (χ2v) is 5.65. The predicted molar refractivity (Wildman–Crippen MR) is 38.3 cm³/mol. The second-order valence-electron chi connectivity index (χ2n) is 1.76. The molecular formula is C6H8O2Sn. The molecule has 9 heavy (non-hydrogen) atoms. The van der Waals surface area contributed by atoms with E-state index < -0.39 is 21.6 Å². The molecule has 0 aliphatic rings. The van der Waals surface area contributed by atoms with E-state index in [2.05, 4.69) is 3.22 Å². The van der Waals surface area contributed by atoms with Gasteiger partial charge in [-0.2, -0.15) is 0 Å². The normalized spacial score (nSPS) is 10.8. The maximum atomic E-state index is 8.11. The van der Waals surface area contributed by atoms with Gasteiger partial charge in [-0.1, -0.05) is 0 Å². The van der Waals surface area contributed by atoms with Gasteiger partial charge < -0.3 is 0 Å². The summed E-state index contributed by atoms with van der Waals surface area (Å²) >= 11 is -1.41. The van der Waals surface area contributed by atoms with Crippen LogP contribution in [-0.2, 0) is 3.22 Å². The van der Waals surface area contributed by atoms with Crippen LogP contribution in [0.25, 0.3) is 0 Å². The zero-order valence-electron chi connectivity index (χ0n) is 4.95. The van der Waals surface area contributed by atoms with E-state index in [1.807, 2.05) is 30.3 Å². The molecule has 2 nitrogen and oxygen atoms in total. The second kappa shape index (κ2) is 3.87. The van der Waals surface area contributed by atoms with Crippen LogP contribution < -0.4 is 3.58 Å². The predicted octanol–water partition coefficient (Wildman–Crippen LogP) is -0.115. The molecule has 0 atom stereocenters. The summed E-state index contributed by atoms with van der Waals surface area (Å²) in [6.45, 7) is 0. The Balaban J connectivity index is 2.61. The Bertz CT molecular complexity index is 164. The molecule has 0 saturated carbocycles. The summed E-state index contributed by atoms with van der Waals surface area (Å²) in [5, 5.41) is 8.11. The third kappa shape index (κ3) is 2.34. The summed E-state index contributed by atoms with van der Waals surface area (Å²) < 4.78 is 5.32. The molecule has 48 valence electrons. The topological polar surface area (TPSA) is 29.5 Å². The van der Waals surface area contributed by atoms with Crippen molar-refractivity contribution in [2.45, 2.75) is 0 Å². The molecule has 0 aromatic heterocycles. The fraction of sp³-hybridized carbons (Fsp3) is 0. The molecule has 0 amide bonds. The van der Waals surface area contributed by atoms with Crippen LogP contribution in [0.2, 0.25) is 0 Å². The Hall–Kier alpha value is -0.0613. The van der Waals surface area contributed by atoms with Crippen molar-refractivity contribution in [2.24, 2.45) is 0 Å². The number of hydrogen-bond donors (Lipinski definition) is 1. The Kier molecular flexibility index (Phi) is 3.03. The summed E-state index contributed by atoms with van der Waals surface area (Å²) in [4.78, 5) is 0. The Morgan fingerprint density at radius 2 is 1.89 bits per heavy atom. The third-order valence-electron chi connectivity index (χ3n) is 1.07. The van der Waals surface area contributed by atoms with Crippen LogP contribution in [0.4, 0.5) is 0 Å². The zero-order valence-corrected chi connectivity index (χ0v) is 8.99. The van der Waals surface area contributed by atoms with E-state index in [-0.39, 0.29) is 0 Å². The van der Waals surface area contributed by atoms with Gasteiger partial charge in [0.25, 0.3) is 0 Å². The van der Waals surface area contributed by atoms with Crippen molar-refractivity contribution in [3.05, 3.63) is 30.3 Å². The first-order valence-electron chi connectivity index (χ1n) is 2.74. The van der Waals surface area contributed by atoms with E-state index in [1.165, 1.54) is 3.58 Å². The van der Waals surface area contributed by atoms with Crippen molar-refractivity contribution in [1.29, 1.82) is 0 Å². The standard InChI is InChI=1S/C6H5.H2O2.Sn.2H/c1-2-4-6-5-3-1;1-2;;;/h1-5H;1-2H;;;/q;;+1;;/p-1. The summed E-state index contributed by atoms with van der Waals surface area (Å²) in [6, 6.07) is 9.81. The molecular weight excluding hydrogens is 223 g/mol. The van der Waals surface area contributed by atoms with Crippen LogP contribution in [-0.4, -0.2) is 26.8 Å². The first-order chi connectivity index (χ1) is 4.43. The summed E-state index contributed by atoms with van der Waals surface area (Å²) in [6.07, 6.45) is 0. The molecule has 0 radical (unpaired) electrons. The number of hydrogen-bond acceptors (Lipinski definition) is 2. The van der Waals surface area contributed by atoms with Gasteiger partial charge in [-0.05, 0) is 0 Å². The minimum absolute atomic E-state index is 1.18. The van der Waals surface area contributed by atoms with Gasteiger partial charge in [-0.3, -0.25) is 0 Å². The van der Waals surface area contributed by atoms with Gasteiger partial charge in [-0.15, -0.1) is 0 Å². The molecule has 0 spiro atoms. The van der Waals surface area contributed by atoms with E-state index in [9.17, 15) is 0 Å². The van der Waals surface area contributed by atoms with Crippen molar-refractivity contribution >= 4 is 25.1 Å². The fourth-order valence-corrected chi connectivity index (χ4v) is 2.40. The summed E-state index contributed by atoms with van der Waals surface area (Å²) in [5.41, 5.74) is 0. The van der Waals surface area contributed by atoms with Gasteiger partial charge in [0, 0.05) is 0 Å². The first kappa shape index (κ1) is 7.05. The van der Waals surface area contributed by atoms with E-state index in [4.69, 9.17) is 5.26 Å². The van der Waals surface area contributed by atoms with Crippen molar-refractivity contribution in [2.75, 3.05) is 0 Å². The Labute approximate surface area is 64.2 Å². The van der Waals surface area contributed by atoms with Crippen molar-refractivity contribution in [3.63, 3.8) is 0 Å². The zero-order chi connectivity index (χ0) is 6.53. The van der Waals surface area contributed by atoms with E-state index in [0.717, 1.165) is 0 Å². The molecule has 1 aromatic carbocycles.